The lowest BCUT2D eigenvalue weighted by molar-refractivity contribution is -0.147. The Balaban J connectivity index is 2.21. The average molecular weight is 514 g/mol. The van der Waals surface area contributed by atoms with Gasteiger partial charge >= 0.3 is 12.1 Å². The van der Waals surface area contributed by atoms with Crippen molar-refractivity contribution < 1.29 is 27.5 Å². The Hall–Kier alpha value is -2.05. The molecule has 4 nitrogen and oxygen atoms in total. The molecule has 1 amide bonds. The minimum absolute atomic E-state index is 0.143. The highest BCUT2D eigenvalue weighted by atomic mass is 19.4. The summed E-state index contributed by atoms with van der Waals surface area (Å²) in [7, 11) is 0. The van der Waals surface area contributed by atoms with E-state index < -0.39 is 29.7 Å². The van der Waals surface area contributed by atoms with Crippen LogP contribution in [0.2, 0.25) is 0 Å². The van der Waals surface area contributed by atoms with E-state index in [4.69, 9.17) is 4.74 Å². The number of benzene rings is 1. The van der Waals surface area contributed by atoms with Crippen LogP contribution in [0.3, 0.4) is 0 Å². The molecular weight excluding hydrogens is 467 g/mol. The molecule has 7 heteroatoms. The van der Waals surface area contributed by atoms with Crippen LogP contribution < -0.4 is 5.32 Å². The molecule has 1 N–H and O–H groups in total. The standard InChI is InChI=1S/C29H46F3NO3/c1-4-5-6-7-8-9-10-11-12-13-14-15-16-17-21-36-28(35)26(23(2)3)33-27(34)24-19-18-20-25(22-24)29(30,31)32/h18-20,22-23,26H,4-17,21H2,1-3H3,(H,33,34). The van der Waals surface area contributed by atoms with Crippen molar-refractivity contribution in [3.63, 3.8) is 0 Å². The molecule has 0 bridgehead atoms. The van der Waals surface area contributed by atoms with Gasteiger partial charge in [0.2, 0.25) is 0 Å². The number of carbonyl (C=O) groups is 2. The fraction of sp³-hybridized carbons (Fsp3) is 0.724. The van der Waals surface area contributed by atoms with Gasteiger partial charge in [0.25, 0.3) is 5.91 Å². The van der Waals surface area contributed by atoms with Crippen LogP contribution in [0, 0.1) is 5.92 Å². The SMILES string of the molecule is CCCCCCCCCCCCCCCCOC(=O)C(NC(=O)c1cccc(C(F)(F)F)c1)C(C)C. The summed E-state index contributed by atoms with van der Waals surface area (Å²) in [5.74, 6) is -1.54. The number of ether oxygens (including phenoxy) is 1. The molecule has 0 heterocycles. The zero-order valence-corrected chi connectivity index (χ0v) is 22.4. The van der Waals surface area contributed by atoms with Crippen molar-refractivity contribution in [2.75, 3.05) is 6.61 Å². The van der Waals surface area contributed by atoms with Crippen molar-refractivity contribution in [1.29, 1.82) is 0 Å². The molecule has 0 saturated heterocycles. The zero-order chi connectivity index (χ0) is 26.8. The molecule has 0 spiro atoms. The number of carbonyl (C=O) groups excluding carboxylic acids is 2. The number of halogens is 3. The summed E-state index contributed by atoms with van der Waals surface area (Å²) >= 11 is 0. The van der Waals surface area contributed by atoms with E-state index in [1.54, 1.807) is 13.8 Å². The third-order valence-electron chi connectivity index (χ3n) is 6.40. The molecule has 1 rings (SSSR count). The van der Waals surface area contributed by atoms with Crippen LogP contribution in [-0.4, -0.2) is 24.5 Å². The first kappa shape index (κ1) is 32.0. The lowest BCUT2D eigenvalue weighted by Crippen LogP contribution is -2.45. The van der Waals surface area contributed by atoms with Gasteiger partial charge in [0, 0.05) is 5.56 Å². The maximum absolute atomic E-state index is 12.9. The summed E-state index contributed by atoms with van der Waals surface area (Å²) in [5, 5.41) is 2.53. The Bertz CT molecular complexity index is 750. The van der Waals surface area contributed by atoms with Gasteiger partial charge in [-0.05, 0) is 30.5 Å². The molecule has 0 aliphatic rings. The van der Waals surface area contributed by atoms with E-state index in [9.17, 15) is 22.8 Å². The Morgan fingerprint density at radius 1 is 0.833 bits per heavy atom. The Labute approximate surface area is 215 Å². The average Bonchev–Trinajstić information content (AvgIpc) is 2.84. The number of amides is 1. The monoisotopic (exact) mass is 513 g/mol. The highest BCUT2D eigenvalue weighted by Gasteiger charge is 2.32. The van der Waals surface area contributed by atoms with E-state index in [2.05, 4.69) is 12.2 Å². The van der Waals surface area contributed by atoms with Gasteiger partial charge in [-0.3, -0.25) is 4.79 Å². The Kier molecular flexibility index (Phi) is 16.2. The molecule has 0 aromatic heterocycles. The van der Waals surface area contributed by atoms with Crippen LogP contribution in [0.15, 0.2) is 24.3 Å². The molecule has 1 atom stereocenters. The second kappa shape index (κ2) is 18.2. The second-order valence-corrected chi connectivity index (χ2v) is 10.0. The molecule has 1 unspecified atom stereocenters. The van der Waals surface area contributed by atoms with E-state index >= 15 is 0 Å². The van der Waals surface area contributed by atoms with Crippen LogP contribution in [0.1, 0.15) is 127 Å². The zero-order valence-electron chi connectivity index (χ0n) is 22.4. The Morgan fingerprint density at radius 3 is 1.81 bits per heavy atom. The van der Waals surface area contributed by atoms with Gasteiger partial charge < -0.3 is 10.1 Å². The van der Waals surface area contributed by atoms with E-state index in [0.29, 0.717) is 0 Å². The smallest absolute Gasteiger partial charge is 0.416 e. The van der Waals surface area contributed by atoms with E-state index in [0.717, 1.165) is 31.4 Å². The molecule has 0 radical (unpaired) electrons. The first-order valence-corrected chi connectivity index (χ1v) is 13.8. The number of hydrogen-bond donors (Lipinski definition) is 1. The van der Waals surface area contributed by atoms with E-state index in [1.807, 2.05) is 0 Å². The highest BCUT2D eigenvalue weighted by molar-refractivity contribution is 5.97. The fourth-order valence-corrected chi connectivity index (χ4v) is 4.12. The van der Waals surface area contributed by atoms with Gasteiger partial charge in [-0.15, -0.1) is 0 Å². The first-order chi connectivity index (χ1) is 17.2. The van der Waals surface area contributed by atoms with Crippen LogP contribution >= 0.6 is 0 Å². The van der Waals surface area contributed by atoms with Crippen LogP contribution in [0.5, 0.6) is 0 Å². The quantitative estimate of drug-likeness (QED) is 0.149. The fourth-order valence-electron chi connectivity index (χ4n) is 4.12. The molecule has 0 saturated carbocycles. The van der Waals surface area contributed by atoms with Crippen molar-refractivity contribution in [2.24, 2.45) is 5.92 Å². The topological polar surface area (TPSA) is 55.4 Å². The van der Waals surface area contributed by atoms with Gasteiger partial charge in [0.05, 0.1) is 12.2 Å². The van der Waals surface area contributed by atoms with Gasteiger partial charge in [0.15, 0.2) is 0 Å². The third kappa shape index (κ3) is 13.9. The maximum atomic E-state index is 12.9. The van der Waals surface area contributed by atoms with Crippen LogP contribution in [0.4, 0.5) is 13.2 Å². The summed E-state index contributed by atoms with van der Waals surface area (Å²) < 4.78 is 44.1. The molecule has 0 fully saturated rings. The lowest BCUT2D eigenvalue weighted by atomic mass is 10.0. The minimum Gasteiger partial charge on any atom is -0.464 e. The summed E-state index contributed by atoms with van der Waals surface area (Å²) in [5.41, 5.74) is -1.05. The van der Waals surface area contributed by atoms with Crippen molar-refractivity contribution in [2.45, 2.75) is 123 Å². The molecule has 0 aliphatic carbocycles. The van der Waals surface area contributed by atoms with Crippen molar-refractivity contribution in [3.05, 3.63) is 35.4 Å². The largest absolute Gasteiger partial charge is 0.464 e. The van der Waals surface area contributed by atoms with Crippen molar-refractivity contribution in [1.82, 2.24) is 5.32 Å². The number of alkyl halides is 3. The minimum atomic E-state index is -4.54. The number of hydrogen-bond acceptors (Lipinski definition) is 3. The molecule has 1 aromatic carbocycles. The molecule has 0 aliphatic heterocycles. The molecule has 1 aromatic rings. The maximum Gasteiger partial charge on any atom is 0.416 e. The summed E-state index contributed by atoms with van der Waals surface area (Å²) in [6, 6.07) is 3.24. The normalized spacial score (nSPS) is 12.5. The Morgan fingerprint density at radius 2 is 1.33 bits per heavy atom. The highest BCUT2D eigenvalue weighted by Crippen LogP contribution is 2.29. The molecule has 206 valence electrons. The predicted molar refractivity (Wildman–Crippen MR) is 139 cm³/mol. The summed E-state index contributed by atoms with van der Waals surface area (Å²) in [6.07, 6.45) is 12.8. The molecular formula is C29H46F3NO3. The van der Waals surface area contributed by atoms with E-state index in [-0.39, 0.29) is 18.1 Å². The molecule has 36 heavy (non-hydrogen) atoms. The number of unbranched alkanes of at least 4 members (excludes halogenated alkanes) is 13. The number of nitrogens with one attached hydrogen (secondary N) is 1. The number of rotatable bonds is 19. The second-order valence-electron chi connectivity index (χ2n) is 10.0. The van der Waals surface area contributed by atoms with Crippen LogP contribution in [-0.2, 0) is 15.7 Å². The van der Waals surface area contributed by atoms with Gasteiger partial charge in [-0.1, -0.05) is 110 Å². The van der Waals surface area contributed by atoms with Gasteiger partial charge in [-0.2, -0.15) is 13.2 Å². The van der Waals surface area contributed by atoms with Crippen molar-refractivity contribution in [3.8, 4) is 0 Å². The number of esters is 1. The first-order valence-electron chi connectivity index (χ1n) is 13.8. The predicted octanol–water partition coefficient (Wildman–Crippen LogP) is 8.48. The van der Waals surface area contributed by atoms with E-state index in [1.165, 1.54) is 82.8 Å². The lowest BCUT2D eigenvalue weighted by Gasteiger charge is -2.21. The third-order valence-corrected chi connectivity index (χ3v) is 6.40. The van der Waals surface area contributed by atoms with Gasteiger partial charge in [-0.25, -0.2) is 4.79 Å². The van der Waals surface area contributed by atoms with Gasteiger partial charge in [0.1, 0.15) is 6.04 Å². The van der Waals surface area contributed by atoms with Crippen molar-refractivity contribution >= 4 is 11.9 Å². The summed E-state index contributed by atoms with van der Waals surface area (Å²) in [6.45, 7) is 6.03. The summed E-state index contributed by atoms with van der Waals surface area (Å²) in [4.78, 5) is 25.0. The van der Waals surface area contributed by atoms with Crippen LogP contribution in [0.25, 0.3) is 0 Å².